The van der Waals surface area contributed by atoms with Crippen molar-refractivity contribution >= 4 is 5.91 Å². The standard InChI is InChI=1S/C17H25F2N3O/c1-4-20-17(23)16-8-13(10-22(16)11(2)3)21-9-12-5-6-14(18)15(19)7-12/h5-7,11,13,16,21H,4,8-10H2,1-3H3,(H,20,23)/t13-,16-/m0/s1. The van der Waals surface area contributed by atoms with Gasteiger partial charge in [0.05, 0.1) is 6.04 Å². The second kappa shape index (κ2) is 7.84. The van der Waals surface area contributed by atoms with Crippen LogP contribution in [0, 0.1) is 11.6 Å². The predicted molar refractivity (Wildman–Crippen MR) is 85.9 cm³/mol. The quantitative estimate of drug-likeness (QED) is 0.841. The molecule has 1 aromatic rings. The van der Waals surface area contributed by atoms with Gasteiger partial charge in [-0.2, -0.15) is 0 Å². The van der Waals surface area contributed by atoms with Gasteiger partial charge in [-0.1, -0.05) is 6.07 Å². The SMILES string of the molecule is CCNC(=O)[C@@H]1C[C@H](NCc2ccc(F)c(F)c2)CN1C(C)C. The number of benzene rings is 1. The van der Waals surface area contributed by atoms with E-state index in [2.05, 4.69) is 29.4 Å². The highest BCUT2D eigenvalue weighted by Crippen LogP contribution is 2.21. The number of hydrogen-bond donors (Lipinski definition) is 2. The highest BCUT2D eigenvalue weighted by atomic mass is 19.2. The monoisotopic (exact) mass is 325 g/mol. The zero-order chi connectivity index (χ0) is 17.0. The Labute approximate surface area is 136 Å². The van der Waals surface area contributed by atoms with Crippen molar-refractivity contribution in [3.8, 4) is 0 Å². The average molecular weight is 325 g/mol. The van der Waals surface area contributed by atoms with E-state index in [1.54, 1.807) is 6.07 Å². The minimum atomic E-state index is -0.836. The molecule has 23 heavy (non-hydrogen) atoms. The molecule has 1 heterocycles. The van der Waals surface area contributed by atoms with E-state index in [9.17, 15) is 13.6 Å². The topological polar surface area (TPSA) is 44.4 Å². The fourth-order valence-electron chi connectivity index (χ4n) is 3.04. The molecule has 0 saturated carbocycles. The highest BCUT2D eigenvalue weighted by Gasteiger charge is 2.37. The van der Waals surface area contributed by atoms with E-state index in [1.807, 2.05) is 6.92 Å². The molecule has 1 amide bonds. The summed E-state index contributed by atoms with van der Waals surface area (Å²) in [7, 11) is 0. The van der Waals surface area contributed by atoms with Gasteiger partial charge in [0, 0.05) is 31.7 Å². The van der Waals surface area contributed by atoms with Crippen molar-refractivity contribution < 1.29 is 13.6 Å². The molecule has 1 saturated heterocycles. The summed E-state index contributed by atoms with van der Waals surface area (Å²) in [5.74, 6) is -1.62. The van der Waals surface area contributed by atoms with Crippen LogP contribution in [0.1, 0.15) is 32.8 Å². The molecular formula is C17H25F2N3O. The average Bonchev–Trinajstić information content (AvgIpc) is 2.93. The lowest BCUT2D eigenvalue weighted by Gasteiger charge is -2.27. The van der Waals surface area contributed by atoms with Crippen LogP contribution in [0.5, 0.6) is 0 Å². The minimum absolute atomic E-state index is 0.0540. The first kappa shape index (κ1) is 17.8. The van der Waals surface area contributed by atoms with E-state index in [0.717, 1.165) is 12.6 Å². The Kier molecular flexibility index (Phi) is 6.07. The molecule has 0 spiro atoms. The van der Waals surface area contributed by atoms with Crippen LogP contribution in [-0.4, -0.2) is 42.0 Å². The molecule has 2 N–H and O–H groups in total. The van der Waals surface area contributed by atoms with E-state index in [-0.39, 0.29) is 24.0 Å². The van der Waals surface area contributed by atoms with E-state index in [4.69, 9.17) is 0 Å². The van der Waals surface area contributed by atoms with Crippen LogP contribution in [0.15, 0.2) is 18.2 Å². The predicted octanol–water partition coefficient (Wildman–Crippen LogP) is 2.04. The third-order valence-corrected chi connectivity index (χ3v) is 4.24. The number of likely N-dealkylation sites (tertiary alicyclic amines) is 1. The van der Waals surface area contributed by atoms with Gasteiger partial charge in [-0.25, -0.2) is 8.78 Å². The Morgan fingerprint density at radius 1 is 1.35 bits per heavy atom. The number of carbonyl (C=O) groups is 1. The minimum Gasteiger partial charge on any atom is -0.355 e. The lowest BCUT2D eigenvalue weighted by molar-refractivity contribution is -0.125. The summed E-state index contributed by atoms with van der Waals surface area (Å²) in [4.78, 5) is 14.4. The first-order chi connectivity index (χ1) is 10.9. The molecule has 4 nitrogen and oxygen atoms in total. The van der Waals surface area contributed by atoms with Crippen molar-refractivity contribution in [2.45, 2.75) is 51.9 Å². The molecule has 1 fully saturated rings. The molecule has 1 aliphatic rings. The second-order valence-corrected chi connectivity index (χ2v) is 6.26. The Hall–Kier alpha value is -1.53. The molecule has 1 aliphatic heterocycles. The fraction of sp³-hybridized carbons (Fsp3) is 0.588. The molecule has 128 valence electrons. The van der Waals surface area contributed by atoms with Gasteiger partial charge in [0.2, 0.25) is 5.91 Å². The normalized spacial score (nSPS) is 21.8. The van der Waals surface area contributed by atoms with Crippen LogP contribution in [0.25, 0.3) is 0 Å². The summed E-state index contributed by atoms with van der Waals surface area (Å²) in [6.07, 6.45) is 0.716. The van der Waals surface area contributed by atoms with Gasteiger partial charge in [0.1, 0.15) is 0 Å². The number of nitrogens with zero attached hydrogens (tertiary/aromatic N) is 1. The summed E-state index contributed by atoms with van der Waals surface area (Å²) in [6, 6.07) is 4.20. The third kappa shape index (κ3) is 4.48. The van der Waals surface area contributed by atoms with Crippen LogP contribution in [-0.2, 0) is 11.3 Å². The van der Waals surface area contributed by atoms with Crippen molar-refractivity contribution in [3.63, 3.8) is 0 Å². The molecule has 2 atom stereocenters. The van der Waals surface area contributed by atoms with Crippen LogP contribution in [0.2, 0.25) is 0 Å². The molecule has 6 heteroatoms. The van der Waals surface area contributed by atoms with Gasteiger partial charge in [-0.3, -0.25) is 9.69 Å². The summed E-state index contributed by atoms with van der Waals surface area (Å²) in [6.45, 7) is 7.90. The molecule has 0 radical (unpaired) electrons. The van der Waals surface area contributed by atoms with Gasteiger partial charge in [-0.15, -0.1) is 0 Å². The highest BCUT2D eigenvalue weighted by molar-refractivity contribution is 5.82. The van der Waals surface area contributed by atoms with Crippen LogP contribution in [0.4, 0.5) is 8.78 Å². The van der Waals surface area contributed by atoms with Crippen molar-refractivity contribution in [2.24, 2.45) is 0 Å². The maximum atomic E-state index is 13.2. The number of likely N-dealkylation sites (N-methyl/N-ethyl adjacent to an activating group) is 1. The molecule has 0 unspecified atom stereocenters. The van der Waals surface area contributed by atoms with Gasteiger partial charge in [0.15, 0.2) is 11.6 Å². The third-order valence-electron chi connectivity index (χ3n) is 4.24. The number of amides is 1. The van der Waals surface area contributed by atoms with E-state index in [1.165, 1.54) is 6.07 Å². The first-order valence-electron chi connectivity index (χ1n) is 8.13. The van der Waals surface area contributed by atoms with Crippen molar-refractivity contribution in [3.05, 3.63) is 35.4 Å². The molecular weight excluding hydrogens is 300 g/mol. The molecule has 0 bridgehead atoms. The van der Waals surface area contributed by atoms with Crippen LogP contribution < -0.4 is 10.6 Å². The smallest absolute Gasteiger partial charge is 0.237 e. The van der Waals surface area contributed by atoms with Crippen molar-refractivity contribution in [2.75, 3.05) is 13.1 Å². The molecule has 0 aromatic heterocycles. The Morgan fingerprint density at radius 2 is 2.09 bits per heavy atom. The Bertz CT molecular complexity index is 551. The largest absolute Gasteiger partial charge is 0.355 e. The fourth-order valence-corrected chi connectivity index (χ4v) is 3.04. The zero-order valence-corrected chi connectivity index (χ0v) is 13.9. The van der Waals surface area contributed by atoms with Gasteiger partial charge >= 0.3 is 0 Å². The maximum absolute atomic E-state index is 13.2. The van der Waals surface area contributed by atoms with E-state index < -0.39 is 11.6 Å². The Morgan fingerprint density at radius 3 is 2.70 bits per heavy atom. The van der Waals surface area contributed by atoms with Crippen LogP contribution >= 0.6 is 0 Å². The lowest BCUT2D eigenvalue weighted by Crippen LogP contribution is -2.46. The molecule has 1 aromatic carbocycles. The summed E-state index contributed by atoms with van der Waals surface area (Å²) in [5.41, 5.74) is 0.696. The zero-order valence-electron chi connectivity index (χ0n) is 13.9. The number of halogens is 2. The number of rotatable bonds is 6. The van der Waals surface area contributed by atoms with Crippen LogP contribution in [0.3, 0.4) is 0 Å². The van der Waals surface area contributed by atoms with E-state index in [0.29, 0.717) is 25.1 Å². The number of hydrogen-bond acceptors (Lipinski definition) is 3. The summed E-state index contributed by atoms with van der Waals surface area (Å²) >= 11 is 0. The molecule has 0 aliphatic carbocycles. The second-order valence-electron chi connectivity index (χ2n) is 6.26. The first-order valence-corrected chi connectivity index (χ1v) is 8.13. The maximum Gasteiger partial charge on any atom is 0.237 e. The number of nitrogens with one attached hydrogen (secondary N) is 2. The van der Waals surface area contributed by atoms with E-state index >= 15 is 0 Å². The summed E-state index contributed by atoms with van der Waals surface area (Å²) in [5, 5.41) is 6.23. The summed E-state index contributed by atoms with van der Waals surface area (Å²) < 4.78 is 26.2. The Balaban J connectivity index is 1.95. The van der Waals surface area contributed by atoms with Gasteiger partial charge in [-0.05, 0) is 44.9 Å². The van der Waals surface area contributed by atoms with Gasteiger partial charge in [0.25, 0.3) is 0 Å². The van der Waals surface area contributed by atoms with Gasteiger partial charge < -0.3 is 10.6 Å². The van der Waals surface area contributed by atoms with Crippen molar-refractivity contribution in [1.82, 2.24) is 15.5 Å². The van der Waals surface area contributed by atoms with Crippen molar-refractivity contribution in [1.29, 1.82) is 0 Å². The molecule has 2 rings (SSSR count). The lowest BCUT2D eigenvalue weighted by atomic mass is 10.1. The number of carbonyl (C=O) groups excluding carboxylic acids is 1.